The largest absolute Gasteiger partial charge is 0.480 e. The molecule has 2 amide bonds. The zero-order valence-electron chi connectivity index (χ0n) is 18.8. The van der Waals surface area contributed by atoms with Gasteiger partial charge in [-0.3, -0.25) is 9.59 Å². The number of nitrogens with zero attached hydrogens (tertiary/aromatic N) is 1. The van der Waals surface area contributed by atoms with Gasteiger partial charge in [-0.05, 0) is 37.4 Å². The number of rotatable bonds is 13. The molecule has 0 radical (unpaired) electrons. The van der Waals surface area contributed by atoms with Crippen molar-refractivity contribution in [2.45, 2.75) is 50.2 Å². The fourth-order valence-corrected chi connectivity index (χ4v) is 3.76. The third kappa shape index (κ3) is 6.65. The minimum absolute atomic E-state index is 0.0912. The van der Waals surface area contributed by atoms with Crippen molar-refractivity contribution in [3.8, 4) is 0 Å². The first kappa shape index (κ1) is 24.9. The van der Waals surface area contributed by atoms with Crippen LogP contribution in [0.25, 0.3) is 10.9 Å². The van der Waals surface area contributed by atoms with Crippen molar-refractivity contribution in [2.24, 2.45) is 11.5 Å². The molecule has 2 aromatic heterocycles. The number of aliphatic carboxylic acids is 1. The number of nitrogens with two attached hydrogens (primary N) is 2. The number of carbonyl (C=O) groups is 3. The molecular formula is C23H31N7O4. The summed E-state index contributed by atoms with van der Waals surface area (Å²) in [6.45, 7) is 0.444. The molecule has 3 aromatic rings. The van der Waals surface area contributed by atoms with Gasteiger partial charge in [0.15, 0.2) is 0 Å². The molecule has 0 aliphatic heterocycles. The normalized spacial score (nSPS) is 13.8. The molecule has 0 spiro atoms. The van der Waals surface area contributed by atoms with Crippen LogP contribution in [0.1, 0.15) is 30.5 Å². The summed E-state index contributed by atoms with van der Waals surface area (Å²) >= 11 is 0. The molecule has 2 heterocycles. The Morgan fingerprint density at radius 3 is 2.50 bits per heavy atom. The first-order valence-electron chi connectivity index (χ1n) is 11.2. The van der Waals surface area contributed by atoms with E-state index in [0.29, 0.717) is 31.5 Å². The summed E-state index contributed by atoms with van der Waals surface area (Å²) in [5.41, 5.74) is 13.9. The molecule has 11 nitrogen and oxygen atoms in total. The summed E-state index contributed by atoms with van der Waals surface area (Å²) in [6, 6.07) is 4.53. The highest BCUT2D eigenvalue weighted by Gasteiger charge is 2.28. The van der Waals surface area contributed by atoms with Crippen LogP contribution in [0.2, 0.25) is 0 Å². The molecule has 3 rings (SSSR count). The number of hydrogen-bond acceptors (Lipinski definition) is 6. The smallest absolute Gasteiger partial charge is 0.326 e. The Morgan fingerprint density at radius 2 is 1.79 bits per heavy atom. The van der Waals surface area contributed by atoms with E-state index in [4.69, 9.17) is 11.5 Å². The van der Waals surface area contributed by atoms with Gasteiger partial charge in [-0.15, -0.1) is 0 Å². The number of aromatic amines is 2. The summed E-state index contributed by atoms with van der Waals surface area (Å²) in [7, 11) is 0. The maximum atomic E-state index is 13.0. The van der Waals surface area contributed by atoms with Gasteiger partial charge in [-0.25, -0.2) is 9.78 Å². The van der Waals surface area contributed by atoms with Gasteiger partial charge in [-0.2, -0.15) is 0 Å². The van der Waals surface area contributed by atoms with Crippen molar-refractivity contribution < 1.29 is 19.5 Å². The van der Waals surface area contributed by atoms with Crippen molar-refractivity contribution in [2.75, 3.05) is 6.54 Å². The predicted molar refractivity (Wildman–Crippen MR) is 127 cm³/mol. The molecule has 3 unspecified atom stereocenters. The Hall–Kier alpha value is -3.70. The van der Waals surface area contributed by atoms with E-state index < -0.39 is 35.9 Å². The SMILES string of the molecule is NCCCCC(NC(=O)C(N)Cc1cnc[nH]1)C(=O)NC(Cc1c[nH]c2ccccc12)C(=O)O. The van der Waals surface area contributed by atoms with Gasteiger partial charge >= 0.3 is 5.97 Å². The van der Waals surface area contributed by atoms with E-state index in [1.54, 1.807) is 12.4 Å². The van der Waals surface area contributed by atoms with Crippen LogP contribution in [0.4, 0.5) is 0 Å². The average molecular weight is 470 g/mol. The van der Waals surface area contributed by atoms with E-state index in [9.17, 15) is 19.5 Å². The Kier molecular flexibility index (Phi) is 8.77. The number of carbonyl (C=O) groups excluding carboxylic acids is 2. The van der Waals surface area contributed by atoms with Gasteiger partial charge in [0.1, 0.15) is 12.1 Å². The summed E-state index contributed by atoms with van der Waals surface area (Å²) in [5.74, 6) is -2.25. The van der Waals surface area contributed by atoms with E-state index >= 15 is 0 Å². The minimum Gasteiger partial charge on any atom is -0.480 e. The number of H-pyrrole nitrogens is 2. The monoisotopic (exact) mass is 469 g/mol. The fraction of sp³-hybridized carbons (Fsp3) is 0.391. The van der Waals surface area contributed by atoms with Crippen LogP contribution in [0.3, 0.4) is 0 Å². The van der Waals surface area contributed by atoms with Crippen LogP contribution in [0.5, 0.6) is 0 Å². The second-order valence-corrected chi connectivity index (χ2v) is 8.20. The fourth-order valence-electron chi connectivity index (χ4n) is 3.76. The van der Waals surface area contributed by atoms with Crippen molar-refractivity contribution in [3.05, 3.63) is 54.2 Å². The number of aromatic nitrogens is 3. The highest BCUT2D eigenvalue weighted by atomic mass is 16.4. The topological polar surface area (TPSA) is 192 Å². The van der Waals surface area contributed by atoms with Crippen LogP contribution in [0, 0.1) is 0 Å². The van der Waals surface area contributed by atoms with Crippen molar-refractivity contribution in [1.82, 2.24) is 25.6 Å². The summed E-state index contributed by atoms with van der Waals surface area (Å²) < 4.78 is 0. The number of imidazole rings is 1. The van der Waals surface area contributed by atoms with Crippen molar-refractivity contribution in [1.29, 1.82) is 0 Å². The molecule has 0 aliphatic rings. The predicted octanol–water partition coefficient (Wildman–Crippen LogP) is 0.187. The molecule has 0 saturated carbocycles. The highest BCUT2D eigenvalue weighted by Crippen LogP contribution is 2.19. The Bertz CT molecular complexity index is 1100. The number of nitrogens with one attached hydrogen (secondary N) is 4. The van der Waals surface area contributed by atoms with E-state index in [2.05, 4.69) is 25.6 Å². The van der Waals surface area contributed by atoms with Crippen LogP contribution in [-0.4, -0.2) is 62.5 Å². The molecule has 182 valence electrons. The second-order valence-electron chi connectivity index (χ2n) is 8.20. The number of para-hydroxylation sites is 1. The first-order chi connectivity index (χ1) is 16.4. The molecule has 0 bridgehead atoms. The first-order valence-corrected chi connectivity index (χ1v) is 11.2. The Morgan fingerprint density at radius 1 is 1.03 bits per heavy atom. The van der Waals surface area contributed by atoms with Crippen molar-refractivity contribution in [3.63, 3.8) is 0 Å². The lowest BCUT2D eigenvalue weighted by molar-refractivity contribution is -0.142. The van der Waals surface area contributed by atoms with Gasteiger partial charge in [-0.1, -0.05) is 18.2 Å². The van der Waals surface area contributed by atoms with E-state index in [1.165, 1.54) is 6.33 Å². The number of hydrogen-bond donors (Lipinski definition) is 7. The molecule has 3 atom stereocenters. The van der Waals surface area contributed by atoms with Crippen LogP contribution in [0.15, 0.2) is 43.0 Å². The zero-order valence-corrected chi connectivity index (χ0v) is 18.8. The quantitative estimate of drug-likeness (QED) is 0.174. The third-order valence-corrected chi connectivity index (χ3v) is 5.62. The minimum atomic E-state index is -1.17. The number of unbranched alkanes of at least 4 members (excludes halogenated alkanes) is 1. The number of amides is 2. The third-order valence-electron chi connectivity index (χ3n) is 5.62. The number of benzene rings is 1. The highest BCUT2D eigenvalue weighted by molar-refractivity contribution is 5.92. The van der Waals surface area contributed by atoms with Crippen molar-refractivity contribution >= 4 is 28.7 Å². The van der Waals surface area contributed by atoms with Gasteiger partial charge in [0.25, 0.3) is 0 Å². The number of carboxylic acids is 1. The lowest BCUT2D eigenvalue weighted by Gasteiger charge is -2.23. The zero-order chi connectivity index (χ0) is 24.5. The molecule has 0 fully saturated rings. The van der Waals surface area contributed by atoms with E-state index in [0.717, 1.165) is 16.5 Å². The maximum absolute atomic E-state index is 13.0. The number of fused-ring (bicyclic) bond motifs is 1. The van der Waals surface area contributed by atoms with Gasteiger partial charge in [0.05, 0.1) is 12.4 Å². The van der Waals surface area contributed by atoms with Gasteiger partial charge in [0.2, 0.25) is 11.8 Å². The molecule has 1 aromatic carbocycles. The molecule has 9 N–H and O–H groups in total. The van der Waals surface area contributed by atoms with Crippen LogP contribution < -0.4 is 22.1 Å². The molecule has 0 aliphatic carbocycles. The Balaban J connectivity index is 1.67. The standard InChI is InChI=1S/C23H31N7O4/c24-8-4-3-7-19(29-21(31)17(25)10-15-12-26-13-28-15)22(32)30-20(23(33)34)9-14-11-27-18-6-2-1-5-16(14)18/h1-2,5-6,11-13,17,19-20,27H,3-4,7-10,24-25H2,(H,26,28)(H,29,31)(H,30,32)(H,33,34). The van der Waals surface area contributed by atoms with Gasteiger partial charge in [0, 0.05) is 41.8 Å². The summed E-state index contributed by atoms with van der Waals surface area (Å²) in [5, 5.41) is 15.9. The number of carboxylic acid groups (broad SMARTS) is 1. The lowest BCUT2D eigenvalue weighted by atomic mass is 10.0. The molecule has 34 heavy (non-hydrogen) atoms. The second kappa shape index (κ2) is 12.0. The average Bonchev–Trinajstić information content (AvgIpc) is 3.48. The molecule has 0 saturated heterocycles. The maximum Gasteiger partial charge on any atom is 0.326 e. The van der Waals surface area contributed by atoms with Crippen LogP contribution in [-0.2, 0) is 27.2 Å². The van der Waals surface area contributed by atoms with E-state index in [-0.39, 0.29) is 12.8 Å². The lowest BCUT2D eigenvalue weighted by Crippen LogP contribution is -2.55. The van der Waals surface area contributed by atoms with Gasteiger partial charge < -0.3 is 37.2 Å². The molecule has 11 heteroatoms. The molecular weight excluding hydrogens is 438 g/mol. The van der Waals surface area contributed by atoms with Crippen LogP contribution >= 0.6 is 0 Å². The summed E-state index contributed by atoms with van der Waals surface area (Å²) in [4.78, 5) is 47.5. The Labute approximate surface area is 196 Å². The summed E-state index contributed by atoms with van der Waals surface area (Å²) in [6.07, 6.45) is 6.67. The van der Waals surface area contributed by atoms with E-state index in [1.807, 2.05) is 24.3 Å².